The minimum atomic E-state index is -3.41. The van der Waals surface area contributed by atoms with E-state index in [1.165, 1.54) is 4.31 Å². The number of nitrogens with zero attached hydrogens (tertiary/aromatic N) is 1. The molecule has 2 fully saturated rings. The van der Waals surface area contributed by atoms with Gasteiger partial charge in [0.05, 0.1) is 5.60 Å². The van der Waals surface area contributed by atoms with Gasteiger partial charge >= 0.3 is 0 Å². The molecule has 18 heavy (non-hydrogen) atoms. The lowest BCUT2D eigenvalue weighted by molar-refractivity contribution is 0.0527. The number of aliphatic hydroxyl groups is 1. The molecule has 106 valence electrons. The van der Waals surface area contributed by atoms with Crippen molar-refractivity contribution in [3.8, 4) is 0 Å². The topological polar surface area (TPSA) is 69.6 Å². The predicted molar refractivity (Wildman–Crippen MR) is 70.4 cm³/mol. The Balaban J connectivity index is 1.89. The lowest BCUT2D eigenvalue weighted by Crippen LogP contribution is -2.47. The zero-order chi connectivity index (χ0) is 13.1. The van der Waals surface area contributed by atoms with Gasteiger partial charge in [0.1, 0.15) is 0 Å². The van der Waals surface area contributed by atoms with Gasteiger partial charge in [-0.1, -0.05) is 25.7 Å². The summed E-state index contributed by atoms with van der Waals surface area (Å²) in [4.78, 5) is 0. The summed E-state index contributed by atoms with van der Waals surface area (Å²) >= 11 is 0. The molecule has 0 aromatic heterocycles. The van der Waals surface area contributed by atoms with E-state index < -0.39 is 15.8 Å². The van der Waals surface area contributed by atoms with Crippen LogP contribution in [0.25, 0.3) is 0 Å². The molecule has 5 nitrogen and oxygen atoms in total. The molecule has 2 rings (SSSR count). The molecule has 0 bridgehead atoms. The van der Waals surface area contributed by atoms with Crippen LogP contribution in [0.15, 0.2) is 0 Å². The number of hydrogen-bond donors (Lipinski definition) is 2. The van der Waals surface area contributed by atoms with Crippen LogP contribution in [-0.2, 0) is 10.2 Å². The average molecular weight is 276 g/mol. The van der Waals surface area contributed by atoms with Crippen molar-refractivity contribution in [2.24, 2.45) is 0 Å². The zero-order valence-electron chi connectivity index (χ0n) is 10.9. The third kappa shape index (κ3) is 3.66. The Morgan fingerprint density at radius 2 is 1.56 bits per heavy atom. The summed E-state index contributed by atoms with van der Waals surface area (Å²) < 4.78 is 28.4. The number of rotatable bonds is 4. The summed E-state index contributed by atoms with van der Waals surface area (Å²) in [6, 6.07) is 0. The Bertz CT molecular complexity index is 356. The minimum absolute atomic E-state index is 0.159. The summed E-state index contributed by atoms with van der Waals surface area (Å²) in [5.74, 6) is 0. The molecule has 0 atom stereocenters. The number of hydrogen-bond acceptors (Lipinski definition) is 3. The van der Waals surface area contributed by atoms with E-state index >= 15 is 0 Å². The van der Waals surface area contributed by atoms with E-state index in [0.29, 0.717) is 25.9 Å². The van der Waals surface area contributed by atoms with Gasteiger partial charge in [-0.3, -0.25) is 0 Å². The van der Waals surface area contributed by atoms with Crippen LogP contribution >= 0.6 is 0 Å². The SMILES string of the molecule is O=S(=O)(NCC1(O)CCCC1)N1CCCCCC1. The van der Waals surface area contributed by atoms with Gasteiger partial charge in [0.2, 0.25) is 0 Å². The molecule has 2 aliphatic rings. The smallest absolute Gasteiger partial charge is 0.279 e. The molecule has 1 aliphatic carbocycles. The second-order valence-corrected chi connectivity index (χ2v) is 7.33. The van der Waals surface area contributed by atoms with Crippen LogP contribution in [0.2, 0.25) is 0 Å². The number of nitrogens with one attached hydrogen (secondary N) is 1. The van der Waals surface area contributed by atoms with E-state index in [0.717, 1.165) is 38.5 Å². The monoisotopic (exact) mass is 276 g/mol. The highest BCUT2D eigenvalue weighted by Crippen LogP contribution is 2.28. The van der Waals surface area contributed by atoms with Gasteiger partial charge in [0, 0.05) is 19.6 Å². The fourth-order valence-electron chi connectivity index (χ4n) is 2.81. The first-order valence-electron chi connectivity index (χ1n) is 6.99. The zero-order valence-corrected chi connectivity index (χ0v) is 11.7. The van der Waals surface area contributed by atoms with Crippen molar-refractivity contribution in [3.63, 3.8) is 0 Å². The average Bonchev–Trinajstić information content (AvgIpc) is 2.61. The lowest BCUT2D eigenvalue weighted by Gasteiger charge is -2.26. The Labute approximate surface area is 110 Å². The van der Waals surface area contributed by atoms with Crippen molar-refractivity contribution in [3.05, 3.63) is 0 Å². The van der Waals surface area contributed by atoms with E-state index in [2.05, 4.69) is 4.72 Å². The largest absolute Gasteiger partial charge is 0.389 e. The standard InChI is InChI=1S/C12H24N2O3S/c15-12(7-3-4-8-12)11-13-18(16,17)14-9-5-1-2-6-10-14/h13,15H,1-11H2. The van der Waals surface area contributed by atoms with Crippen LogP contribution in [0.5, 0.6) is 0 Å². The van der Waals surface area contributed by atoms with Gasteiger partial charge in [-0.2, -0.15) is 17.4 Å². The molecule has 0 aromatic carbocycles. The molecule has 1 saturated carbocycles. The lowest BCUT2D eigenvalue weighted by atomic mass is 10.0. The summed E-state index contributed by atoms with van der Waals surface area (Å²) in [5.41, 5.74) is -0.821. The molecule has 0 amide bonds. The maximum atomic E-state index is 12.1. The fraction of sp³-hybridized carbons (Fsp3) is 1.00. The second kappa shape index (κ2) is 5.86. The molecule has 0 aromatic rings. The van der Waals surface area contributed by atoms with Crippen molar-refractivity contribution < 1.29 is 13.5 Å². The predicted octanol–water partition coefficient (Wildman–Crippen LogP) is 1.00. The first-order chi connectivity index (χ1) is 8.52. The van der Waals surface area contributed by atoms with E-state index in [1.54, 1.807) is 0 Å². The summed E-state index contributed by atoms with van der Waals surface area (Å²) in [6.07, 6.45) is 7.47. The van der Waals surface area contributed by atoms with Gasteiger partial charge < -0.3 is 5.11 Å². The first kappa shape index (κ1) is 14.2. The maximum Gasteiger partial charge on any atom is 0.279 e. The molecule has 1 saturated heterocycles. The van der Waals surface area contributed by atoms with Crippen LogP contribution in [0.4, 0.5) is 0 Å². The van der Waals surface area contributed by atoms with Crippen LogP contribution in [0.3, 0.4) is 0 Å². The maximum absolute atomic E-state index is 12.1. The van der Waals surface area contributed by atoms with Crippen molar-refractivity contribution >= 4 is 10.2 Å². The summed E-state index contributed by atoms with van der Waals surface area (Å²) in [5, 5.41) is 10.2. The highest BCUT2D eigenvalue weighted by Gasteiger charge is 2.33. The highest BCUT2D eigenvalue weighted by molar-refractivity contribution is 7.87. The Morgan fingerprint density at radius 3 is 2.11 bits per heavy atom. The minimum Gasteiger partial charge on any atom is -0.389 e. The third-order valence-electron chi connectivity index (χ3n) is 4.02. The second-order valence-electron chi connectivity index (χ2n) is 5.57. The Kier molecular flexibility index (Phi) is 4.64. The molecular weight excluding hydrogens is 252 g/mol. The van der Waals surface area contributed by atoms with Gasteiger partial charge in [-0.15, -0.1) is 0 Å². The molecule has 1 heterocycles. The molecule has 6 heteroatoms. The molecular formula is C12H24N2O3S. The van der Waals surface area contributed by atoms with E-state index in [-0.39, 0.29) is 6.54 Å². The van der Waals surface area contributed by atoms with Crippen LogP contribution in [0, 0.1) is 0 Å². The van der Waals surface area contributed by atoms with Gasteiger partial charge in [0.25, 0.3) is 10.2 Å². The van der Waals surface area contributed by atoms with E-state index in [4.69, 9.17) is 0 Å². The van der Waals surface area contributed by atoms with Crippen LogP contribution in [0.1, 0.15) is 51.4 Å². The molecule has 2 N–H and O–H groups in total. The highest BCUT2D eigenvalue weighted by atomic mass is 32.2. The summed E-state index contributed by atoms with van der Waals surface area (Å²) in [7, 11) is -3.41. The molecule has 0 spiro atoms. The van der Waals surface area contributed by atoms with Crippen molar-refractivity contribution in [2.75, 3.05) is 19.6 Å². The van der Waals surface area contributed by atoms with Gasteiger partial charge in [0.15, 0.2) is 0 Å². The summed E-state index contributed by atoms with van der Waals surface area (Å²) in [6.45, 7) is 1.37. The van der Waals surface area contributed by atoms with Crippen LogP contribution in [-0.4, -0.2) is 43.1 Å². The molecule has 0 unspecified atom stereocenters. The fourth-order valence-corrected chi connectivity index (χ4v) is 4.18. The van der Waals surface area contributed by atoms with Crippen molar-refractivity contribution in [1.82, 2.24) is 9.03 Å². The third-order valence-corrected chi connectivity index (χ3v) is 5.58. The molecule has 0 radical (unpaired) electrons. The Hall–Kier alpha value is -0.170. The van der Waals surface area contributed by atoms with Crippen molar-refractivity contribution in [2.45, 2.75) is 57.0 Å². The van der Waals surface area contributed by atoms with E-state index in [1.807, 2.05) is 0 Å². The van der Waals surface area contributed by atoms with Crippen molar-refractivity contribution in [1.29, 1.82) is 0 Å². The Morgan fingerprint density at radius 1 is 1.00 bits per heavy atom. The molecule has 1 aliphatic heterocycles. The van der Waals surface area contributed by atoms with Gasteiger partial charge in [-0.05, 0) is 25.7 Å². The normalized spacial score (nSPS) is 26.1. The first-order valence-corrected chi connectivity index (χ1v) is 8.43. The van der Waals surface area contributed by atoms with Crippen LogP contribution < -0.4 is 4.72 Å². The van der Waals surface area contributed by atoms with E-state index in [9.17, 15) is 13.5 Å². The van der Waals surface area contributed by atoms with Gasteiger partial charge in [-0.25, -0.2) is 0 Å². The quantitative estimate of drug-likeness (QED) is 0.805.